The van der Waals surface area contributed by atoms with Gasteiger partial charge >= 0.3 is 0 Å². The van der Waals surface area contributed by atoms with Crippen molar-refractivity contribution >= 4 is 5.78 Å². The average molecular weight is 367 g/mol. The lowest BCUT2D eigenvalue weighted by Gasteiger charge is -2.52. The zero-order valence-electron chi connectivity index (χ0n) is 17.2. The van der Waals surface area contributed by atoms with E-state index in [1.54, 1.807) is 17.2 Å². The number of allylic oxidation sites excluding steroid dienone is 6. The van der Waals surface area contributed by atoms with Crippen LogP contribution in [0.2, 0.25) is 0 Å². The summed E-state index contributed by atoms with van der Waals surface area (Å²) in [6.07, 6.45) is 16.5. The van der Waals surface area contributed by atoms with Gasteiger partial charge in [-0.05, 0) is 81.3 Å². The van der Waals surface area contributed by atoms with E-state index >= 15 is 0 Å². The maximum absolute atomic E-state index is 11.9. The normalized spacial score (nSPS) is 44.6. The van der Waals surface area contributed by atoms with Crippen LogP contribution in [0.4, 0.5) is 0 Å². The van der Waals surface area contributed by atoms with Crippen molar-refractivity contribution in [1.29, 1.82) is 0 Å². The third kappa shape index (κ3) is 2.26. The van der Waals surface area contributed by atoms with Gasteiger partial charge in [0.1, 0.15) is 0 Å². The number of aliphatic hydroxyl groups is 1. The number of hydrogen-bond acceptors (Lipinski definition) is 2. The lowest BCUT2D eigenvalue weighted by atomic mass is 9.52. The Bertz CT molecular complexity index is 784. The van der Waals surface area contributed by atoms with Gasteiger partial charge in [0, 0.05) is 10.8 Å². The second-order valence-corrected chi connectivity index (χ2v) is 10.7. The van der Waals surface area contributed by atoms with Crippen molar-refractivity contribution in [3.63, 3.8) is 0 Å². The smallest absolute Gasteiger partial charge is 0.178 e. The molecule has 2 nitrogen and oxygen atoms in total. The van der Waals surface area contributed by atoms with Crippen molar-refractivity contribution in [3.05, 3.63) is 34.9 Å². The van der Waals surface area contributed by atoms with Crippen LogP contribution < -0.4 is 0 Å². The summed E-state index contributed by atoms with van der Waals surface area (Å²) in [5.41, 5.74) is 5.24. The van der Waals surface area contributed by atoms with Gasteiger partial charge in [-0.1, -0.05) is 49.5 Å². The van der Waals surface area contributed by atoms with Crippen LogP contribution in [-0.2, 0) is 4.79 Å². The molecule has 1 spiro atoms. The average Bonchev–Trinajstić information content (AvgIpc) is 3.30. The Morgan fingerprint density at radius 1 is 1.19 bits per heavy atom. The molecule has 146 valence electrons. The summed E-state index contributed by atoms with van der Waals surface area (Å²) in [5.74, 6) is 1.43. The SMILES string of the molecule is CC(C)CCC[C@]12CCC3=C(CCC4=CC(=O)C=C[C@@]43C)[C@@]13CC3[C@@H](O)C2. The molecule has 2 saturated carbocycles. The topological polar surface area (TPSA) is 37.3 Å². The Balaban J connectivity index is 1.54. The Morgan fingerprint density at radius 3 is 2.74 bits per heavy atom. The molecule has 0 aromatic carbocycles. The fraction of sp³-hybridized carbons (Fsp3) is 0.720. The highest BCUT2D eigenvalue weighted by Gasteiger charge is 2.76. The second-order valence-electron chi connectivity index (χ2n) is 10.7. The zero-order chi connectivity index (χ0) is 19.0. The first-order chi connectivity index (χ1) is 12.8. The highest BCUT2D eigenvalue weighted by atomic mass is 16.3. The van der Waals surface area contributed by atoms with Gasteiger partial charge < -0.3 is 5.11 Å². The summed E-state index contributed by atoms with van der Waals surface area (Å²) in [6.45, 7) is 6.98. The third-order valence-electron chi connectivity index (χ3n) is 9.05. The number of ketones is 1. The number of carbonyl (C=O) groups is 1. The summed E-state index contributed by atoms with van der Waals surface area (Å²) >= 11 is 0. The van der Waals surface area contributed by atoms with Crippen molar-refractivity contribution in [2.45, 2.75) is 84.7 Å². The minimum absolute atomic E-state index is 0.0407. The predicted molar refractivity (Wildman–Crippen MR) is 108 cm³/mol. The molecule has 5 atom stereocenters. The molecule has 5 rings (SSSR count). The fourth-order valence-electron chi connectivity index (χ4n) is 7.72. The van der Waals surface area contributed by atoms with Crippen LogP contribution in [0.25, 0.3) is 0 Å². The minimum Gasteiger partial charge on any atom is -0.393 e. The van der Waals surface area contributed by atoms with Gasteiger partial charge in [-0.2, -0.15) is 0 Å². The number of hydrogen-bond donors (Lipinski definition) is 1. The molecule has 1 unspecified atom stereocenters. The molecule has 0 bridgehead atoms. The molecule has 2 heteroatoms. The lowest BCUT2D eigenvalue weighted by molar-refractivity contribution is -0.110. The van der Waals surface area contributed by atoms with E-state index in [0.29, 0.717) is 16.7 Å². The molecule has 0 amide bonds. The van der Waals surface area contributed by atoms with Crippen molar-refractivity contribution < 1.29 is 9.90 Å². The summed E-state index contributed by atoms with van der Waals surface area (Å²) in [4.78, 5) is 11.9. The van der Waals surface area contributed by atoms with Crippen LogP contribution in [0, 0.1) is 28.1 Å². The van der Waals surface area contributed by atoms with Crippen molar-refractivity contribution in [1.82, 2.24) is 0 Å². The van der Waals surface area contributed by atoms with Crippen LogP contribution in [0.3, 0.4) is 0 Å². The van der Waals surface area contributed by atoms with E-state index in [4.69, 9.17) is 0 Å². The first-order valence-corrected chi connectivity index (χ1v) is 11.2. The van der Waals surface area contributed by atoms with Crippen LogP contribution in [0.5, 0.6) is 0 Å². The Labute approximate surface area is 163 Å². The summed E-state index contributed by atoms with van der Waals surface area (Å²) in [6, 6.07) is 0. The van der Waals surface area contributed by atoms with Crippen LogP contribution in [0.15, 0.2) is 34.9 Å². The fourth-order valence-corrected chi connectivity index (χ4v) is 7.72. The lowest BCUT2D eigenvalue weighted by Crippen LogP contribution is -2.41. The molecule has 0 heterocycles. The van der Waals surface area contributed by atoms with Gasteiger partial charge in [0.05, 0.1) is 6.10 Å². The van der Waals surface area contributed by atoms with E-state index in [2.05, 4.69) is 26.8 Å². The maximum atomic E-state index is 11.9. The first-order valence-electron chi connectivity index (χ1n) is 11.2. The second kappa shape index (κ2) is 5.69. The summed E-state index contributed by atoms with van der Waals surface area (Å²) in [7, 11) is 0. The molecule has 2 fully saturated rings. The van der Waals surface area contributed by atoms with E-state index in [0.717, 1.165) is 31.6 Å². The quantitative estimate of drug-likeness (QED) is 0.665. The molecule has 0 radical (unpaired) electrons. The van der Waals surface area contributed by atoms with Crippen molar-refractivity contribution in [3.8, 4) is 0 Å². The van der Waals surface area contributed by atoms with Gasteiger partial charge in [-0.25, -0.2) is 0 Å². The summed E-state index contributed by atoms with van der Waals surface area (Å²) in [5, 5.41) is 10.9. The monoisotopic (exact) mass is 366 g/mol. The molecule has 0 saturated heterocycles. The van der Waals surface area contributed by atoms with E-state index < -0.39 is 0 Å². The standard InChI is InChI=1S/C25H34O2/c1-16(2)5-4-10-24-12-9-19-20(25(24)14-21(25)22(27)15-24)7-6-17-13-18(26)8-11-23(17,19)3/h8,11,13,16,21-22,27H,4-7,9-10,12,14-15H2,1-3H3/t21?,22-,23-,24+,25+/m0/s1. The van der Waals surface area contributed by atoms with E-state index in [-0.39, 0.29) is 17.3 Å². The molecule has 1 N–H and O–H groups in total. The predicted octanol–water partition coefficient (Wildman–Crippen LogP) is 5.53. The van der Waals surface area contributed by atoms with Gasteiger partial charge in [0.25, 0.3) is 0 Å². The maximum Gasteiger partial charge on any atom is 0.178 e. The first kappa shape index (κ1) is 17.9. The minimum atomic E-state index is -0.0934. The number of rotatable bonds is 4. The molecule has 27 heavy (non-hydrogen) atoms. The zero-order valence-corrected chi connectivity index (χ0v) is 17.2. The van der Waals surface area contributed by atoms with Crippen LogP contribution >= 0.6 is 0 Å². The van der Waals surface area contributed by atoms with Gasteiger partial charge in [-0.3, -0.25) is 4.79 Å². The summed E-state index contributed by atoms with van der Waals surface area (Å²) < 4.78 is 0. The Hall–Kier alpha value is -1.15. The van der Waals surface area contributed by atoms with E-state index in [9.17, 15) is 9.90 Å². The molecule has 0 aromatic rings. The van der Waals surface area contributed by atoms with E-state index in [1.807, 2.05) is 6.08 Å². The molecule has 0 aromatic heterocycles. The van der Waals surface area contributed by atoms with Crippen LogP contribution in [0.1, 0.15) is 78.6 Å². The largest absolute Gasteiger partial charge is 0.393 e. The van der Waals surface area contributed by atoms with Crippen LogP contribution in [-0.4, -0.2) is 17.0 Å². The molecule has 5 aliphatic carbocycles. The van der Waals surface area contributed by atoms with Crippen molar-refractivity contribution in [2.75, 3.05) is 0 Å². The third-order valence-corrected chi connectivity index (χ3v) is 9.05. The molecule has 0 aliphatic heterocycles. The molecule has 5 aliphatic rings. The van der Waals surface area contributed by atoms with Gasteiger partial charge in [0.15, 0.2) is 5.78 Å². The number of carbonyl (C=O) groups excluding carboxylic acids is 1. The van der Waals surface area contributed by atoms with Gasteiger partial charge in [-0.15, -0.1) is 0 Å². The highest BCUT2D eigenvalue weighted by Crippen LogP contribution is 2.82. The number of aliphatic hydroxyl groups excluding tert-OH is 1. The highest BCUT2D eigenvalue weighted by molar-refractivity contribution is 6.01. The Morgan fingerprint density at radius 2 is 2.00 bits per heavy atom. The van der Waals surface area contributed by atoms with Crippen molar-refractivity contribution in [2.24, 2.45) is 28.1 Å². The Kier molecular flexibility index (Phi) is 3.77. The van der Waals surface area contributed by atoms with Gasteiger partial charge in [0.2, 0.25) is 0 Å². The molecular weight excluding hydrogens is 332 g/mol. The number of fused-ring (bicyclic) bond motifs is 2. The molecular formula is C25H34O2. The van der Waals surface area contributed by atoms with E-state index in [1.165, 1.54) is 37.7 Å².